The average molecular weight is 300 g/mol. The van der Waals surface area contributed by atoms with Gasteiger partial charge in [0.05, 0.1) is 12.7 Å². The van der Waals surface area contributed by atoms with Crippen LogP contribution in [0, 0.1) is 0 Å². The van der Waals surface area contributed by atoms with Gasteiger partial charge in [0, 0.05) is 11.6 Å². The van der Waals surface area contributed by atoms with Crippen molar-refractivity contribution in [2.45, 2.75) is 32.9 Å². The first kappa shape index (κ1) is 16.3. The van der Waals surface area contributed by atoms with E-state index in [2.05, 4.69) is 10.1 Å². The molecule has 0 atom stereocenters. The molecule has 1 N–H and O–H groups in total. The molecule has 0 aliphatic carbocycles. The highest BCUT2D eigenvalue weighted by molar-refractivity contribution is 6.30. The van der Waals surface area contributed by atoms with E-state index >= 15 is 0 Å². The molecule has 20 heavy (non-hydrogen) atoms. The molecule has 0 radical (unpaired) electrons. The second-order valence-electron chi connectivity index (χ2n) is 5.15. The van der Waals surface area contributed by atoms with Gasteiger partial charge in [-0.2, -0.15) is 0 Å². The van der Waals surface area contributed by atoms with Crippen molar-refractivity contribution in [2.75, 3.05) is 7.11 Å². The molecular formula is C14H18ClNO4. The molecule has 1 amide bonds. The molecule has 110 valence electrons. The Morgan fingerprint density at radius 1 is 1.30 bits per heavy atom. The molecule has 5 nitrogen and oxygen atoms in total. The van der Waals surface area contributed by atoms with Gasteiger partial charge >= 0.3 is 12.1 Å². The number of methoxy groups -OCH3 is 1. The number of amides is 1. The molecular weight excluding hydrogens is 282 g/mol. The lowest BCUT2D eigenvalue weighted by Gasteiger charge is -2.20. The number of ether oxygens (including phenoxy) is 2. The molecule has 6 heteroatoms. The van der Waals surface area contributed by atoms with Crippen molar-refractivity contribution in [3.63, 3.8) is 0 Å². The van der Waals surface area contributed by atoms with E-state index in [0.29, 0.717) is 16.1 Å². The maximum Gasteiger partial charge on any atom is 0.407 e. The molecule has 0 unspecified atom stereocenters. The topological polar surface area (TPSA) is 64.6 Å². The summed E-state index contributed by atoms with van der Waals surface area (Å²) in [6.45, 7) is 5.43. The summed E-state index contributed by atoms with van der Waals surface area (Å²) >= 11 is 5.89. The predicted octanol–water partition coefficient (Wildman–Crippen LogP) is 3.15. The molecule has 0 fully saturated rings. The second kappa shape index (κ2) is 6.61. The third-order valence-corrected chi connectivity index (χ3v) is 2.53. The van der Waals surface area contributed by atoms with Gasteiger partial charge in [-0.15, -0.1) is 0 Å². The van der Waals surface area contributed by atoms with E-state index in [1.165, 1.54) is 7.11 Å². The van der Waals surface area contributed by atoms with E-state index in [0.717, 1.165) is 0 Å². The number of alkyl carbamates (subject to hydrolysis) is 1. The maximum atomic E-state index is 11.6. The maximum absolute atomic E-state index is 11.6. The van der Waals surface area contributed by atoms with E-state index in [1.54, 1.807) is 39.0 Å². The smallest absolute Gasteiger partial charge is 0.407 e. The van der Waals surface area contributed by atoms with Crippen LogP contribution in [0.4, 0.5) is 4.79 Å². The fourth-order valence-corrected chi connectivity index (χ4v) is 1.69. The largest absolute Gasteiger partial charge is 0.465 e. The Kier molecular flexibility index (Phi) is 5.39. The predicted molar refractivity (Wildman–Crippen MR) is 75.9 cm³/mol. The standard InChI is InChI=1S/C14H18ClNO4/c1-14(2,3)20-13(18)16-8-9-7-10(15)5-6-11(9)12(17)19-4/h5-7H,8H2,1-4H3,(H,16,18). The summed E-state index contributed by atoms with van der Waals surface area (Å²) in [6, 6.07) is 4.75. The van der Waals surface area contributed by atoms with Crippen molar-refractivity contribution in [2.24, 2.45) is 0 Å². The van der Waals surface area contributed by atoms with E-state index in [1.807, 2.05) is 0 Å². The summed E-state index contributed by atoms with van der Waals surface area (Å²) in [5, 5.41) is 3.05. The Balaban J connectivity index is 2.79. The summed E-state index contributed by atoms with van der Waals surface area (Å²) in [5.41, 5.74) is 0.340. The lowest BCUT2D eigenvalue weighted by Crippen LogP contribution is -2.32. The summed E-state index contributed by atoms with van der Waals surface area (Å²) in [7, 11) is 1.29. The number of carbonyl (C=O) groups excluding carboxylic acids is 2. The molecule has 1 aromatic rings. The molecule has 0 saturated carbocycles. The van der Waals surface area contributed by atoms with Crippen molar-refractivity contribution >= 4 is 23.7 Å². The summed E-state index contributed by atoms with van der Waals surface area (Å²) in [6.07, 6.45) is -0.562. The fraction of sp³-hybridized carbons (Fsp3) is 0.429. The number of esters is 1. The second-order valence-corrected chi connectivity index (χ2v) is 5.58. The number of carbonyl (C=O) groups is 2. The summed E-state index contributed by atoms with van der Waals surface area (Å²) in [4.78, 5) is 23.2. The first-order valence-corrected chi connectivity index (χ1v) is 6.44. The Morgan fingerprint density at radius 3 is 2.50 bits per heavy atom. The first-order valence-electron chi connectivity index (χ1n) is 6.06. The normalized spacial score (nSPS) is 10.8. The van der Waals surface area contributed by atoms with Gasteiger partial charge in [-0.05, 0) is 44.5 Å². The molecule has 0 aliphatic rings. The molecule has 1 rings (SSSR count). The van der Waals surface area contributed by atoms with Crippen LogP contribution in [0.25, 0.3) is 0 Å². The van der Waals surface area contributed by atoms with E-state index in [9.17, 15) is 9.59 Å². The van der Waals surface area contributed by atoms with E-state index in [-0.39, 0.29) is 6.54 Å². The Morgan fingerprint density at radius 2 is 1.95 bits per heavy atom. The van der Waals surface area contributed by atoms with Crippen LogP contribution in [-0.4, -0.2) is 24.8 Å². The number of rotatable bonds is 3. The summed E-state index contributed by atoms with van der Waals surface area (Å²) < 4.78 is 9.80. The first-order chi connectivity index (χ1) is 9.23. The zero-order chi connectivity index (χ0) is 15.3. The SMILES string of the molecule is COC(=O)c1ccc(Cl)cc1CNC(=O)OC(C)(C)C. The summed E-state index contributed by atoms with van der Waals surface area (Å²) in [5.74, 6) is -0.484. The van der Waals surface area contributed by atoms with Crippen LogP contribution in [0.1, 0.15) is 36.7 Å². The van der Waals surface area contributed by atoms with Crippen molar-refractivity contribution in [1.29, 1.82) is 0 Å². The monoisotopic (exact) mass is 299 g/mol. The van der Waals surface area contributed by atoms with Crippen LogP contribution < -0.4 is 5.32 Å². The fourth-order valence-electron chi connectivity index (χ4n) is 1.50. The lowest BCUT2D eigenvalue weighted by molar-refractivity contribution is 0.0518. The molecule has 1 aromatic carbocycles. The van der Waals surface area contributed by atoms with Crippen LogP contribution in [0.2, 0.25) is 5.02 Å². The van der Waals surface area contributed by atoms with Crippen LogP contribution in [0.3, 0.4) is 0 Å². The molecule has 0 spiro atoms. The highest BCUT2D eigenvalue weighted by Gasteiger charge is 2.17. The van der Waals surface area contributed by atoms with Crippen LogP contribution in [0.5, 0.6) is 0 Å². The van der Waals surface area contributed by atoms with Crippen LogP contribution in [0.15, 0.2) is 18.2 Å². The van der Waals surface area contributed by atoms with Gasteiger partial charge in [-0.1, -0.05) is 11.6 Å². The van der Waals surface area contributed by atoms with Gasteiger partial charge in [-0.25, -0.2) is 9.59 Å². The van der Waals surface area contributed by atoms with Crippen LogP contribution in [-0.2, 0) is 16.0 Å². The minimum Gasteiger partial charge on any atom is -0.465 e. The highest BCUT2D eigenvalue weighted by Crippen LogP contribution is 2.17. The molecule has 0 aliphatic heterocycles. The van der Waals surface area contributed by atoms with Gasteiger partial charge in [-0.3, -0.25) is 0 Å². The zero-order valence-corrected chi connectivity index (χ0v) is 12.7. The number of nitrogens with one attached hydrogen (secondary N) is 1. The number of benzene rings is 1. The number of hydrogen-bond acceptors (Lipinski definition) is 4. The number of hydrogen-bond donors (Lipinski definition) is 1. The quantitative estimate of drug-likeness (QED) is 0.871. The molecule has 0 heterocycles. The van der Waals surface area contributed by atoms with E-state index < -0.39 is 17.7 Å². The third-order valence-electron chi connectivity index (χ3n) is 2.29. The van der Waals surface area contributed by atoms with Gasteiger partial charge < -0.3 is 14.8 Å². The Bertz CT molecular complexity index is 508. The molecule has 0 aromatic heterocycles. The van der Waals surface area contributed by atoms with E-state index in [4.69, 9.17) is 16.3 Å². The van der Waals surface area contributed by atoms with Crippen molar-refractivity contribution in [3.8, 4) is 0 Å². The average Bonchev–Trinajstić information content (AvgIpc) is 2.33. The Hall–Kier alpha value is -1.75. The van der Waals surface area contributed by atoms with Gasteiger partial charge in [0.2, 0.25) is 0 Å². The minimum absolute atomic E-state index is 0.125. The van der Waals surface area contributed by atoms with Crippen molar-refractivity contribution in [3.05, 3.63) is 34.3 Å². The van der Waals surface area contributed by atoms with Gasteiger partial charge in [0.15, 0.2) is 0 Å². The minimum atomic E-state index is -0.580. The lowest BCUT2D eigenvalue weighted by atomic mass is 10.1. The highest BCUT2D eigenvalue weighted by atomic mass is 35.5. The zero-order valence-electron chi connectivity index (χ0n) is 12.0. The third kappa shape index (κ3) is 5.09. The Labute approximate surface area is 123 Å². The van der Waals surface area contributed by atoms with Gasteiger partial charge in [0.1, 0.15) is 5.60 Å². The van der Waals surface area contributed by atoms with Crippen molar-refractivity contribution in [1.82, 2.24) is 5.32 Å². The van der Waals surface area contributed by atoms with Crippen molar-refractivity contribution < 1.29 is 19.1 Å². The van der Waals surface area contributed by atoms with Crippen LogP contribution >= 0.6 is 11.6 Å². The van der Waals surface area contributed by atoms with Gasteiger partial charge in [0.25, 0.3) is 0 Å². The molecule has 0 saturated heterocycles. The molecule has 0 bridgehead atoms. The number of halogens is 1.